The first-order chi connectivity index (χ1) is 16.8. The van der Waals surface area contributed by atoms with Crippen LogP contribution in [0.5, 0.6) is 40.2 Å². The lowest BCUT2D eigenvalue weighted by molar-refractivity contribution is 0.0730. The molecular formula is C25H20O10. The van der Waals surface area contributed by atoms with Crippen molar-refractivity contribution >= 4 is 16.9 Å². The van der Waals surface area contributed by atoms with Gasteiger partial charge in [-0.3, -0.25) is 4.79 Å². The molecule has 0 aliphatic heterocycles. The van der Waals surface area contributed by atoms with Crippen molar-refractivity contribution < 1.29 is 43.5 Å². The molecule has 35 heavy (non-hydrogen) atoms. The van der Waals surface area contributed by atoms with Crippen LogP contribution in [0, 0.1) is 0 Å². The Kier molecular flexibility index (Phi) is 6.11. The second-order valence-electron chi connectivity index (χ2n) is 7.28. The van der Waals surface area contributed by atoms with Crippen molar-refractivity contribution in [1.82, 2.24) is 0 Å². The number of carbonyl (C=O) groups is 1. The Morgan fingerprint density at radius 2 is 1.43 bits per heavy atom. The molecule has 4 aromatic rings. The van der Waals surface area contributed by atoms with Gasteiger partial charge in [0.05, 0.1) is 26.9 Å². The molecular weight excluding hydrogens is 460 g/mol. The number of esters is 1. The van der Waals surface area contributed by atoms with E-state index in [1.807, 2.05) is 0 Å². The number of methoxy groups -OCH3 is 3. The molecule has 1 aromatic heterocycles. The van der Waals surface area contributed by atoms with E-state index in [-0.39, 0.29) is 56.6 Å². The Bertz CT molecular complexity index is 1460. The average molecular weight is 480 g/mol. The molecule has 0 saturated heterocycles. The number of fused-ring (bicyclic) bond motifs is 1. The van der Waals surface area contributed by atoms with Crippen LogP contribution >= 0.6 is 0 Å². The van der Waals surface area contributed by atoms with Gasteiger partial charge in [0, 0.05) is 17.7 Å². The number of benzene rings is 3. The number of ether oxygens (including phenoxy) is 4. The molecule has 10 nitrogen and oxygen atoms in total. The number of phenolic OH excluding ortho intramolecular Hbond substituents is 3. The third kappa shape index (κ3) is 4.24. The zero-order valence-electron chi connectivity index (χ0n) is 18.8. The normalized spacial score (nSPS) is 10.7. The maximum atomic E-state index is 13.3. The summed E-state index contributed by atoms with van der Waals surface area (Å²) in [6.07, 6.45) is 0. The van der Waals surface area contributed by atoms with E-state index in [4.69, 9.17) is 23.4 Å². The molecule has 0 aliphatic carbocycles. The van der Waals surface area contributed by atoms with E-state index >= 15 is 0 Å². The molecule has 4 rings (SSSR count). The third-order valence-corrected chi connectivity index (χ3v) is 5.14. The monoisotopic (exact) mass is 480 g/mol. The van der Waals surface area contributed by atoms with Gasteiger partial charge in [0.25, 0.3) is 0 Å². The van der Waals surface area contributed by atoms with E-state index in [1.54, 1.807) is 0 Å². The molecule has 0 aliphatic rings. The van der Waals surface area contributed by atoms with Gasteiger partial charge in [0.1, 0.15) is 28.2 Å². The SMILES string of the molecule is COc1cc(C(=O)Oc2c(-c3ccc(O)cc3)oc3cc(O)cc(O)c3c2=O)cc(OC)c1OC. The Morgan fingerprint density at radius 3 is 2.00 bits per heavy atom. The van der Waals surface area contributed by atoms with Crippen LogP contribution in [-0.2, 0) is 0 Å². The van der Waals surface area contributed by atoms with Gasteiger partial charge < -0.3 is 38.7 Å². The predicted octanol–water partition coefficient (Wildman–Crippen LogP) is 3.82. The van der Waals surface area contributed by atoms with Crippen LogP contribution in [0.1, 0.15) is 10.4 Å². The number of hydrogen-bond acceptors (Lipinski definition) is 10. The summed E-state index contributed by atoms with van der Waals surface area (Å²) in [5.74, 6) is -1.92. The Balaban J connectivity index is 1.91. The summed E-state index contributed by atoms with van der Waals surface area (Å²) >= 11 is 0. The highest BCUT2D eigenvalue weighted by Crippen LogP contribution is 2.39. The maximum absolute atomic E-state index is 13.3. The smallest absolute Gasteiger partial charge is 0.344 e. The number of rotatable bonds is 6. The standard InChI is InChI=1S/C25H20O10/c1-31-18-8-13(9-19(32-2)23(18)33-3)25(30)35-24-21(29)20-16(28)10-15(27)11-17(20)34-22(24)12-4-6-14(26)7-5-12/h4-11,26-28H,1-3H3. The van der Waals surface area contributed by atoms with Crippen LogP contribution in [0.4, 0.5) is 0 Å². The molecule has 0 bridgehead atoms. The Hall–Kier alpha value is -4.86. The van der Waals surface area contributed by atoms with E-state index in [0.29, 0.717) is 0 Å². The minimum atomic E-state index is -0.950. The first kappa shape index (κ1) is 23.3. The van der Waals surface area contributed by atoms with Gasteiger partial charge >= 0.3 is 5.97 Å². The van der Waals surface area contributed by atoms with Crippen molar-refractivity contribution in [2.24, 2.45) is 0 Å². The van der Waals surface area contributed by atoms with E-state index in [2.05, 4.69) is 0 Å². The molecule has 0 saturated carbocycles. The van der Waals surface area contributed by atoms with E-state index < -0.39 is 22.9 Å². The fraction of sp³-hybridized carbons (Fsp3) is 0.120. The fourth-order valence-corrected chi connectivity index (χ4v) is 3.51. The summed E-state index contributed by atoms with van der Waals surface area (Å²) in [7, 11) is 4.17. The highest BCUT2D eigenvalue weighted by Gasteiger charge is 2.25. The first-order valence-electron chi connectivity index (χ1n) is 10.1. The van der Waals surface area contributed by atoms with E-state index in [1.165, 1.54) is 57.7 Å². The van der Waals surface area contributed by atoms with Gasteiger partial charge in [-0.15, -0.1) is 0 Å². The maximum Gasteiger partial charge on any atom is 0.344 e. The minimum Gasteiger partial charge on any atom is -0.508 e. The van der Waals surface area contributed by atoms with Gasteiger partial charge in [0.15, 0.2) is 17.3 Å². The topological polar surface area (TPSA) is 145 Å². The molecule has 0 amide bonds. The largest absolute Gasteiger partial charge is 0.508 e. The fourth-order valence-electron chi connectivity index (χ4n) is 3.51. The second kappa shape index (κ2) is 9.18. The first-order valence-corrected chi connectivity index (χ1v) is 10.1. The van der Waals surface area contributed by atoms with Crippen LogP contribution in [-0.4, -0.2) is 42.6 Å². The highest BCUT2D eigenvalue weighted by atomic mass is 16.5. The second-order valence-corrected chi connectivity index (χ2v) is 7.28. The quantitative estimate of drug-likeness (QED) is 0.348. The van der Waals surface area contributed by atoms with Crippen LogP contribution < -0.4 is 24.4 Å². The molecule has 0 unspecified atom stereocenters. The van der Waals surface area contributed by atoms with Gasteiger partial charge in [-0.1, -0.05) is 0 Å². The zero-order chi connectivity index (χ0) is 25.3. The van der Waals surface area contributed by atoms with Crippen LogP contribution in [0.25, 0.3) is 22.3 Å². The van der Waals surface area contributed by atoms with Crippen molar-refractivity contribution in [3.05, 3.63) is 64.3 Å². The van der Waals surface area contributed by atoms with Crippen molar-refractivity contribution in [2.75, 3.05) is 21.3 Å². The average Bonchev–Trinajstić information content (AvgIpc) is 2.84. The number of aromatic hydroxyl groups is 3. The molecule has 3 aromatic carbocycles. The van der Waals surface area contributed by atoms with Gasteiger partial charge in [0.2, 0.25) is 16.9 Å². The molecule has 3 N–H and O–H groups in total. The Labute approximate surface area is 198 Å². The lowest BCUT2D eigenvalue weighted by atomic mass is 10.1. The van der Waals surface area contributed by atoms with Crippen LogP contribution in [0.2, 0.25) is 0 Å². The Morgan fingerprint density at radius 1 is 0.800 bits per heavy atom. The van der Waals surface area contributed by atoms with Crippen molar-refractivity contribution in [3.8, 4) is 51.6 Å². The number of carbonyl (C=O) groups excluding carboxylic acids is 1. The highest BCUT2D eigenvalue weighted by molar-refractivity contribution is 5.95. The van der Waals surface area contributed by atoms with Crippen LogP contribution in [0.15, 0.2) is 57.7 Å². The lowest BCUT2D eigenvalue weighted by Crippen LogP contribution is -2.16. The van der Waals surface area contributed by atoms with E-state index in [0.717, 1.165) is 12.1 Å². The summed E-state index contributed by atoms with van der Waals surface area (Å²) in [6, 6.07) is 10.4. The zero-order valence-corrected chi connectivity index (χ0v) is 18.8. The summed E-state index contributed by atoms with van der Waals surface area (Å²) < 4.78 is 27.0. The van der Waals surface area contributed by atoms with Crippen molar-refractivity contribution in [2.45, 2.75) is 0 Å². The number of hydrogen-bond donors (Lipinski definition) is 3. The summed E-state index contributed by atoms with van der Waals surface area (Å²) in [5.41, 5.74) is -0.723. The summed E-state index contributed by atoms with van der Waals surface area (Å²) in [4.78, 5) is 26.5. The molecule has 0 atom stereocenters. The number of phenols is 3. The van der Waals surface area contributed by atoms with Crippen LogP contribution in [0.3, 0.4) is 0 Å². The van der Waals surface area contributed by atoms with Crippen molar-refractivity contribution in [1.29, 1.82) is 0 Å². The molecule has 180 valence electrons. The molecule has 0 spiro atoms. The third-order valence-electron chi connectivity index (χ3n) is 5.14. The van der Waals surface area contributed by atoms with Gasteiger partial charge in [-0.05, 0) is 36.4 Å². The predicted molar refractivity (Wildman–Crippen MR) is 124 cm³/mol. The minimum absolute atomic E-state index is 0.0226. The molecule has 10 heteroatoms. The summed E-state index contributed by atoms with van der Waals surface area (Å²) in [6.45, 7) is 0. The van der Waals surface area contributed by atoms with Gasteiger partial charge in [-0.2, -0.15) is 0 Å². The van der Waals surface area contributed by atoms with E-state index in [9.17, 15) is 24.9 Å². The molecule has 1 heterocycles. The summed E-state index contributed by atoms with van der Waals surface area (Å²) in [5, 5.41) is 29.4. The molecule has 0 fully saturated rings. The van der Waals surface area contributed by atoms with Crippen molar-refractivity contribution in [3.63, 3.8) is 0 Å². The lowest BCUT2D eigenvalue weighted by Gasteiger charge is -2.14. The van der Waals surface area contributed by atoms with Gasteiger partial charge in [-0.25, -0.2) is 4.79 Å². The molecule has 0 radical (unpaired) electrons.